The van der Waals surface area contributed by atoms with Crippen LogP contribution in [0.15, 0.2) is 24.3 Å². The van der Waals surface area contributed by atoms with Gasteiger partial charge in [0, 0.05) is 23.7 Å². The molecule has 23 heavy (non-hydrogen) atoms. The fraction of sp³-hybridized carbons (Fsp3) is 0.500. The second-order valence-electron chi connectivity index (χ2n) is 6.26. The fourth-order valence-corrected chi connectivity index (χ4v) is 4.51. The molecule has 0 saturated carbocycles. The lowest BCUT2D eigenvalue weighted by atomic mass is 10.1. The Morgan fingerprint density at radius 2 is 1.87 bits per heavy atom. The van der Waals surface area contributed by atoms with Gasteiger partial charge in [-0.25, -0.2) is 0 Å². The van der Waals surface area contributed by atoms with Gasteiger partial charge in [0.1, 0.15) is 0 Å². The molecule has 122 valence electrons. The summed E-state index contributed by atoms with van der Waals surface area (Å²) in [6, 6.07) is 6.01. The molecule has 1 unspecified atom stereocenters. The summed E-state index contributed by atoms with van der Waals surface area (Å²) in [7, 11) is 0. The monoisotopic (exact) mass is 331 g/mol. The molecule has 1 aromatic rings. The molecular weight excluding hydrogens is 310 g/mol. The Kier molecular flexibility index (Phi) is 4.21. The number of nitrogens with zero attached hydrogens (tertiary/aromatic N) is 1. The van der Waals surface area contributed by atoms with Gasteiger partial charge in [0.25, 0.3) is 0 Å². The Morgan fingerprint density at radius 1 is 1.09 bits per heavy atom. The standard InChI is InChI=1S/C18H21NO3S/c20-18(19-7-3-1-2-4-8-19)14-10-17(23-11-14)13-5-6-15-16(9-13)22-12-21-15/h5-6,9-10,14H,1-4,7-8,11-12H2. The molecule has 1 amide bonds. The van der Waals surface area contributed by atoms with Crippen molar-refractivity contribution in [1.82, 2.24) is 4.90 Å². The maximum atomic E-state index is 12.7. The number of carbonyl (C=O) groups excluding carboxylic acids is 1. The van der Waals surface area contributed by atoms with Crippen LogP contribution in [0.25, 0.3) is 4.91 Å². The number of carbonyl (C=O) groups is 1. The highest BCUT2D eigenvalue weighted by atomic mass is 32.2. The molecule has 0 radical (unpaired) electrons. The average molecular weight is 331 g/mol. The Morgan fingerprint density at radius 3 is 2.70 bits per heavy atom. The van der Waals surface area contributed by atoms with E-state index in [1.807, 2.05) is 18.2 Å². The van der Waals surface area contributed by atoms with Crippen molar-refractivity contribution in [1.29, 1.82) is 0 Å². The summed E-state index contributed by atoms with van der Waals surface area (Å²) in [6.45, 7) is 2.14. The summed E-state index contributed by atoms with van der Waals surface area (Å²) in [5, 5.41) is 0. The minimum atomic E-state index is 0.0125. The summed E-state index contributed by atoms with van der Waals surface area (Å²) < 4.78 is 10.8. The van der Waals surface area contributed by atoms with E-state index < -0.39 is 0 Å². The fourth-order valence-electron chi connectivity index (χ4n) is 3.36. The maximum absolute atomic E-state index is 12.7. The molecule has 1 atom stereocenters. The van der Waals surface area contributed by atoms with Crippen LogP contribution in [0, 0.1) is 5.92 Å². The topological polar surface area (TPSA) is 38.8 Å². The predicted molar refractivity (Wildman–Crippen MR) is 91.5 cm³/mol. The van der Waals surface area contributed by atoms with Gasteiger partial charge in [-0.05, 0) is 36.6 Å². The van der Waals surface area contributed by atoms with Crippen LogP contribution in [0.5, 0.6) is 11.5 Å². The number of fused-ring (bicyclic) bond motifs is 1. The molecular formula is C18H21NO3S. The van der Waals surface area contributed by atoms with Crippen molar-refractivity contribution in [2.24, 2.45) is 5.92 Å². The lowest BCUT2D eigenvalue weighted by Crippen LogP contribution is -2.36. The van der Waals surface area contributed by atoms with Crippen LogP contribution in [0.4, 0.5) is 0 Å². The quantitative estimate of drug-likeness (QED) is 0.831. The van der Waals surface area contributed by atoms with Gasteiger partial charge in [-0.1, -0.05) is 18.9 Å². The Hall–Kier alpha value is -1.62. The smallest absolute Gasteiger partial charge is 0.231 e. The van der Waals surface area contributed by atoms with Gasteiger partial charge in [0.05, 0.1) is 5.92 Å². The third kappa shape index (κ3) is 3.07. The van der Waals surface area contributed by atoms with E-state index in [4.69, 9.17) is 9.47 Å². The minimum Gasteiger partial charge on any atom is -0.454 e. The third-order valence-electron chi connectivity index (χ3n) is 4.66. The molecule has 1 aromatic carbocycles. The SMILES string of the molecule is O=C(C1C=C(c2ccc3c(c2)OCO3)SC1)N1CCCCCC1. The average Bonchev–Trinajstić information content (AvgIpc) is 3.16. The van der Waals surface area contributed by atoms with Crippen LogP contribution in [-0.2, 0) is 4.79 Å². The van der Waals surface area contributed by atoms with Gasteiger partial charge < -0.3 is 14.4 Å². The second kappa shape index (κ2) is 6.48. The zero-order valence-electron chi connectivity index (χ0n) is 13.1. The number of thioether (sulfide) groups is 1. The molecule has 0 aromatic heterocycles. The molecule has 3 heterocycles. The number of ether oxygens (including phenoxy) is 2. The molecule has 3 aliphatic rings. The van der Waals surface area contributed by atoms with E-state index in [1.54, 1.807) is 11.8 Å². The van der Waals surface area contributed by atoms with E-state index in [0.717, 1.165) is 48.7 Å². The zero-order valence-corrected chi connectivity index (χ0v) is 13.9. The van der Waals surface area contributed by atoms with Gasteiger partial charge in [-0.3, -0.25) is 4.79 Å². The van der Waals surface area contributed by atoms with Crippen molar-refractivity contribution in [3.63, 3.8) is 0 Å². The highest BCUT2D eigenvalue weighted by Gasteiger charge is 2.28. The van der Waals surface area contributed by atoms with E-state index in [-0.39, 0.29) is 5.92 Å². The molecule has 0 aliphatic carbocycles. The van der Waals surface area contributed by atoms with E-state index in [0.29, 0.717) is 12.7 Å². The van der Waals surface area contributed by atoms with Gasteiger partial charge in [-0.2, -0.15) is 0 Å². The predicted octanol–water partition coefficient (Wildman–Crippen LogP) is 3.52. The first-order chi connectivity index (χ1) is 11.3. The maximum Gasteiger partial charge on any atom is 0.231 e. The number of rotatable bonds is 2. The van der Waals surface area contributed by atoms with Crippen molar-refractivity contribution in [2.75, 3.05) is 25.6 Å². The first-order valence-electron chi connectivity index (χ1n) is 8.35. The molecule has 0 N–H and O–H groups in total. The Labute approximate surface area is 140 Å². The zero-order chi connectivity index (χ0) is 15.6. The second-order valence-corrected chi connectivity index (χ2v) is 7.32. The van der Waals surface area contributed by atoms with Crippen molar-refractivity contribution in [3.05, 3.63) is 29.8 Å². The highest BCUT2D eigenvalue weighted by molar-refractivity contribution is 8.08. The highest BCUT2D eigenvalue weighted by Crippen LogP contribution is 2.41. The number of hydrogen-bond donors (Lipinski definition) is 0. The van der Waals surface area contributed by atoms with Gasteiger partial charge in [0.2, 0.25) is 12.7 Å². The van der Waals surface area contributed by atoms with Crippen LogP contribution in [0.1, 0.15) is 31.2 Å². The first kappa shape index (κ1) is 14.9. The largest absolute Gasteiger partial charge is 0.454 e. The first-order valence-corrected chi connectivity index (χ1v) is 9.33. The van der Waals surface area contributed by atoms with Gasteiger partial charge >= 0.3 is 0 Å². The molecule has 4 rings (SSSR count). The molecule has 0 spiro atoms. The molecule has 1 saturated heterocycles. The minimum absolute atomic E-state index is 0.0125. The van der Waals surface area contributed by atoms with E-state index >= 15 is 0 Å². The lowest BCUT2D eigenvalue weighted by Gasteiger charge is -2.22. The van der Waals surface area contributed by atoms with Crippen molar-refractivity contribution >= 4 is 22.6 Å². The van der Waals surface area contributed by atoms with Crippen molar-refractivity contribution < 1.29 is 14.3 Å². The van der Waals surface area contributed by atoms with E-state index in [9.17, 15) is 4.79 Å². The van der Waals surface area contributed by atoms with Crippen LogP contribution < -0.4 is 9.47 Å². The summed E-state index contributed by atoms with van der Waals surface area (Å²) in [5.74, 6) is 2.76. The molecule has 5 heteroatoms. The summed E-state index contributed by atoms with van der Waals surface area (Å²) in [4.78, 5) is 16.0. The Balaban J connectivity index is 1.49. The van der Waals surface area contributed by atoms with Crippen LogP contribution >= 0.6 is 11.8 Å². The molecule has 0 bridgehead atoms. The number of amides is 1. The lowest BCUT2D eigenvalue weighted by molar-refractivity contribution is -0.133. The number of benzene rings is 1. The van der Waals surface area contributed by atoms with Gasteiger partial charge in [-0.15, -0.1) is 11.8 Å². The van der Waals surface area contributed by atoms with Crippen molar-refractivity contribution in [2.45, 2.75) is 25.7 Å². The normalized spacial score (nSPS) is 23.6. The molecule has 4 nitrogen and oxygen atoms in total. The molecule has 1 fully saturated rings. The van der Waals surface area contributed by atoms with Crippen LogP contribution in [-0.4, -0.2) is 36.4 Å². The van der Waals surface area contributed by atoms with E-state index in [1.165, 1.54) is 17.7 Å². The van der Waals surface area contributed by atoms with Gasteiger partial charge in [0.15, 0.2) is 11.5 Å². The number of hydrogen-bond acceptors (Lipinski definition) is 4. The van der Waals surface area contributed by atoms with Crippen molar-refractivity contribution in [3.8, 4) is 11.5 Å². The summed E-state index contributed by atoms with van der Waals surface area (Å²) in [6.07, 6.45) is 6.92. The van der Waals surface area contributed by atoms with E-state index in [2.05, 4.69) is 11.0 Å². The molecule has 3 aliphatic heterocycles. The number of likely N-dealkylation sites (tertiary alicyclic amines) is 1. The van der Waals surface area contributed by atoms with Crippen LogP contribution in [0.2, 0.25) is 0 Å². The summed E-state index contributed by atoms with van der Waals surface area (Å²) in [5.41, 5.74) is 1.12. The Bertz CT molecular complexity index is 635. The summed E-state index contributed by atoms with van der Waals surface area (Å²) >= 11 is 1.76. The third-order valence-corrected chi connectivity index (χ3v) is 5.87. The van der Waals surface area contributed by atoms with Crippen LogP contribution in [0.3, 0.4) is 0 Å².